The second-order valence-electron chi connectivity index (χ2n) is 8.65. The van der Waals surface area contributed by atoms with Crippen molar-refractivity contribution in [3.63, 3.8) is 0 Å². The standard InChI is InChI=1S/C29H28Cl2N2O8S/c1-5-38-21-9-8-16(11-22(21)39-6-2)25-19(28(36)37-4)14-32-29-33(25)27(35)23(42-29)12-17-10-18(30)13-20(31)26(17)41-15-24(34)40-7-3/h8-14,25H,5-7,15H2,1-4H3/b23-12+/t25-/m1/s1. The Kier molecular flexibility index (Phi) is 10.3. The number of methoxy groups -OCH3 is 1. The summed E-state index contributed by atoms with van der Waals surface area (Å²) >= 11 is 13.7. The monoisotopic (exact) mass is 634 g/mol. The number of benzene rings is 2. The Labute approximate surface area is 255 Å². The minimum Gasteiger partial charge on any atom is -0.490 e. The lowest BCUT2D eigenvalue weighted by Gasteiger charge is -2.23. The van der Waals surface area contributed by atoms with Crippen molar-refractivity contribution >= 4 is 52.6 Å². The normalized spacial score (nSPS) is 14.4. The molecule has 2 heterocycles. The minimum atomic E-state index is -0.867. The molecule has 0 saturated carbocycles. The summed E-state index contributed by atoms with van der Waals surface area (Å²) < 4.78 is 28.7. The molecule has 0 unspecified atom stereocenters. The van der Waals surface area contributed by atoms with Crippen molar-refractivity contribution in [1.29, 1.82) is 0 Å². The summed E-state index contributed by atoms with van der Waals surface area (Å²) in [4.78, 5) is 43.4. The minimum absolute atomic E-state index is 0.148. The van der Waals surface area contributed by atoms with Gasteiger partial charge in [-0.05, 0) is 56.7 Å². The third kappa shape index (κ3) is 6.64. The molecular weight excluding hydrogens is 607 g/mol. The highest BCUT2D eigenvalue weighted by molar-refractivity contribution is 7.07. The average molecular weight is 636 g/mol. The zero-order valence-corrected chi connectivity index (χ0v) is 25.6. The fourth-order valence-electron chi connectivity index (χ4n) is 4.30. The number of esters is 2. The Morgan fingerprint density at radius 2 is 1.76 bits per heavy atom. The third-order valence-corrected chi connectivity index (χ3v) is 7.47. The molecule has 0 N–H and O–H groups in total. The van der Waals surface area contributed by atoms with Crippen molar-refractivity contribution in [1.82, 2.24) is 4.57 Å². The highest BCUT2D eigenvalue weighted by atomic mass is 35.5. The fraction of sp³-hybridized carbons (Fsp3) is 0.310. The van der Waals surface area contributed by atoms with E-state index in [-0.39, 0.29) is 34.1 Å². The van der Waals surface area contributed by atoms with Crippen molar-refractivity contribution in [3.05, 3.63) is 83.0 Å². The summed E-state index contributed by atoms with van der Waals surface area (Å²) in [6, 6.07) is 7.38. The number of halogens is 2. The van der Waals surface area contributed by atoms with Gasteiger partial charge in [-0.15, -0.1) is 0 Å². The molecule has 0 bridgehead atoms. The first-order valence-corrected chi connectivity index (χ1v) is 14.6. The molecule has 1 aliphatic heterocycles. The van der Waals surface area contributed by atoms with Crippen LogP contribution in [0.15, 0.2) is 51.9 Å². The van der Waals surface area contributed by atoms with Crippen molar-refractivity contribution in [2.24, 2.45) is 4.99 Å². The number of carbonyl (C=O) groups is 2. The number of carbonyl (C=O) groups excluding carboxylic acids is 2. The summed E-state index contributed by atoms with van der Waals surface area (Å²) in [6.45, 7) is 6.01. The molecule has 0 amide bonds. The molecule has 13 heteroatoms. The van der Waals surface area contributed by atoms with Gasteiger partial charge in [-0.25, -0.2) is 14.6 Å². The van der Waals surface area contributed by atoms with Gasteiger partial charge in [0.05, 0.1) is 48.1 Å². The van der Waals surface area contributed by atoms with Crippen molar-refractivity contribution in [2.75, 3.05) is 33.5 Å². The molecule has 1 aliphatic rings. The zero-order valence-electron chi connectivity index (χ0n) is 23.3. The maximum atomic E-state index is 13.9. The summed E-state index contributed by atoms with van der Waals surface area (Å²) in [7, 11) is 1.26. The van der Waals surface area contributed by atoms with Gasteiger partial charge in [0.2, 0.25) is 0 Å². The molecule has 1 atom stereocenters. The van der Waals surface area contributed by atoms with Gasteiger partial charge in [-0.1, -0.05) is 40.6 Å². The summed E-state index contributed by atoms with van der Waals surface area (Å²) in [5.41, 5.74) is 0.681. The second kappa shape index (κ2) is 13.9. The van der Waals surface area contributed by atoms with Gasteiger partial charge in [0.25, 0.3) is 5.56 Å². The van der Waals surface area contributed by atoms with Crippen molar-refractivity contribution in [2.45, 2.75) is 26.8 Å². The Balaban J connectivity index is 1.87. The Bertz CT molecular complexity index is 1710. The molecule has 42 heavy (non-hydrogen) atoms. The van der Waals surface area contributed by atoms with E-state index in [0.29, 0.717) is 45.7 Å². The van der Waals surface area contributed by atoms with Gasteiger partial charge in [-0.3, -0.25) is 9.36 Å². The summed E-state index contributed by atoms with van der Waals surface area (Å²) in [5, 5.41) is 0.445. The number of fused-ring (bicyclic) bond motifs is 1. The molecule has 0 fully saturated rings. The van der Waals surface area contributed by atoms with E-state index in [4.69, 9.17) is 46.9 Å². The number of aromatic nitrogens is 1. The quantitative estimate of drug-likeness (QED) is 0.290. The molecule has 0 saturated heterocycles. The smallest absolute Gasteiger partial charge is 0.344 e. The molecule has 1 aromatic heterocycles. The number of thiazole rings is 1. The number of ether oxygens (including phenoxy) is 5. The van der Waals surface area contributed by atoms with E-state index in [9.17, 15) is 14.4 Å². The first-order valence-electron chi connectivity index (χ1n) is 13.0. The fourth-order valence-corrected chi connectivity index (χ4v) is 5.83. The Morgan fingerprint density at radius 1 is 1.02 bits per heavy atom. The van der Waals surface area contributed by atoms with E-state index in [1.165, 1.54) is 23.9 Å². The van der Waals surface area contributed by atoms with Crippen LogP contribution in [-0.2, 0) is 19.1 Å². The van der Waals surface area contributed by atoms with E-state index >= 15 is 0 Å². The van der Waals surface area contributed by atoms with Crippen LogP contribution in [0, 0.1) is 0 Å². The highest BCUT2D eigenvalue weighted by Gasteiger charge is 2.31. The Hall–Kier alpha value is -3.80. The second-order valence-corrected chi connectivity index (χ2v) is 10.5. The van der Waals surface area contributed by atoms with Gasteiger partial charge >= 0.3 is 11.9 Å². The lowest BCUT2D eigenvalue weighted by atomic mass is 9.97. The van der Waals surface area contributed by atoms with Gasteiger partial charge in [-0.2, -0.15) is 0 Å². The van der Waals surface area contributed by atoms with Crippen LogP contribution in [0.4, 0.5) is 0 Å². The van der Waals surface area contributed by atoms with Crippen LogP contribution in [0.5, 0.6) is 17.2 Å². The first kappa shape index (κ1) is 31.1. The highest BCUT2D eigenvalue weighted by Crippen LogP contribution is 2.36. The maximum Gasteiger partial charge on any atom is 0.344 e. The van der Waals surface area contributed by atoms with Crippen LogP contribution in [0.25, 0.3) is 6.08 Å². The molecule has 0 aliphatic carbocycles. The first-order chi connectivity index (χ1) is 20.2. The topological polar surface area (TPSA) is 115 Å². The van der Waals surface area contributed by atoms with Crippen LogP contribution in [-0.4, -0.2) is 50.0 Å². The molecule has 222 valence electrons. The SMILES string of the molecule is CCOC(=O)COc1c(Cl)cc(Cl)cc1/C=c1/sc2n(c1=O)[C@H](c1ccc(OCC)c(OCC)c1)C(C(=O)OC)=CN=2. The predicted octanol–water partition coefficient (Wildman–Crippen LogP) is 4.06. The van der Waals surface area contributed by atoms with Crippen molar-refractivity contribution < 1.29 is 33.3 Å². The molecule has 10 nitrogen and oxygen atoms in total. The zero-order chi connectivity index (χ0) is 30.4. The maximum absolute atomic E-state index is 13.9. The average Bonchev–Trinajstić information content (AvgIpc) is 3.27. The molecule has 2 aromatic carbocycles. The van der Waals surface area contributed by atoms with Gasteiger partial charge in [0, 0.05) is 16.8 Å². The third-order valence-electron chi connectivity index (χ3n) is 5.97. The van der Waals surface area contributed by atoms with Crippen LogP contribution >= 0.6 is 34.5 Å². The lowest BCUT2D eigenvalue weighted by molar-refractivity contribution is -0.145. The van der Waals surface area contributed by atoms with Crippen LogP contribution in [0.3, 0.4) is 0 Å². The summed E-state index contributed by atoms with van der Waals surface area (Å²) in [5.74, 6) is -0.0591. The summed E-state index contributed by atoms with van der Waals surface area (Å²) in [6.07, 6.45) is 2.94. The van der Waals surface area contributed by atoms with E-state index in [2.05, 4.69) is 4.99 Å². The lowest BCUT2D eigenvalue weighted by Crippen LogP contribution is -2.39. The van der Waals surface area contributed by atoms with E-state index in [1.54, 1.807) is 37.3 Å². The van der Waals surface area contributed by atoms with Gasteiger partial charge in [0.15, 0.2) is 22.9 Å². The molecular formula is C29H28Cl2N2O8S. The number of hydrogen-bond acceptors (Lipinski definition) is 10. The van der Waals surface area contributed by atoms with Gasteiger partial charge in [0.1, 0.15) is 5.75 Å². The van der Waals surface area contributed by atoms with E-state index in [1.807, 2.05) is 13.8 Å². The van der Waals surface area contributed by atoms with Gasteiger partial charge < -0.3 is 23.7 Å². The predicted molar refractivity (Wildman–Crippen MR) is 159 cm³/mol. The van der Waals surface area contributed by atoms with Crippen LogP contribution < -0.4 is 29.1 Å². The largest absolute Gasteiger partial charge is 0.490 e. The van der Waals surface area contributed by atoms with E-state index < -0.39 is 23.5 Å². The number of rotatable bonds is 11. The Morgan fingerprint density at radius 3 is 2.45 bits per heavy atom. The van der Waals surface area contributed by atoms with E-state index in [0.717, 1.165) is 11.3 Å². The van der Waals surface area contributed by atoms with Crippen LogP contribution in [0.1, 0.15) is 37.9 Å². The molecule has 4 rings (SSSR count). The molecule has 0 radical (unpaired) electrons. The van der Waals surface area contributed by atoms with Crippen LogP contribution in [0.2, 0.25) is 10.0 Å². The number of nitrogens with zero attached hydrogens (tertiary/aromatic N) is 2. The van der Waals surface area contributed by atoms with Crippen molar-refractivity contribution in [3.8, 4) is 17.2 Å². The molecule has 0 spiro atoms. The molecule has 3 aromatic rings. The number of hydrogen-bond donors (Lipinski definition) is 0.